The van der Waals surface area contributed by atoms with Crippen LogP contribution in [-0.2, 0) is 4.79 Å². The van der Waals surface area contributed by atoms with Crippen molar-refractivity contribution in [2.24, 2.45) is 0 Å². The van der Waals surface area contributed by atoms with Gasteiger partial charge in [0, 0.05) is 12.1 Å². The molecule has 2 atom stereocenters. The molecule has 0 radical (unpaired) electrons. The van der Waals surface area contributed by atoms with Crippen LogP contribution in [0.1, 0.15) is 19.8 Å². The number of hydrogen-bond acceptors (Lipinski definition) is 4. The Morgan fingerprint density at radius 1 is 1.45 bits per heavy atom. The number of benzene rings is 1. The Labute approximate surface area is 120 Å². The second kappa shape index (κ2) is 7.14. The van der Waals surface area contributed by atoms with E-state index in [1.165, 1.54) is 0 Å². The van der Waals surface area contributed by atoms with E-state index in [9.17, 15) is 4.79 Å². The molecule has 0 aromatic heterocycles. The number of methoxy groups -OCH3 is 1. The smallest absolute Gasteiger partial charge is 0.239 e. The van der Waals surface area contributed by atoms with E-state index in [-0.39, 0.29) is 18.5 Å². The summed E-state index contributed by atoms with van der Waals surface area (Å²) in [5.41, 5.74) is 0.837. The molecule has 0 aliphatic carbocycles. The SMILES string of the molecule is COc1ccccc1NCC(=O)NC1CCNC(C)C1. The Morgan fingerprint density at radius 3 is 3.00 bits per heavy atom. The van der Waals surface area contributed by atoms with Gasteiger partial charge in [0.1, 0.15) is 5.75 Å². The lowest BCUT2D eigenvalue weighted by Gasteiger charge is -2.28. The molecule has 1 amide bonds. The van der Waals surface area contributed by atoms with Crippen molar-refractivity contribution in [2.75, 3.05) is 25.5 Å². The van der Waals surface area contributed by atoms with E-state index in [0.717, 1.165) is 30.8 Å². The first-order valence-corrected chi connectivity index (χ1v) is 7.08. The van der Waals surface area contributed by atoms with Crippen LogP contribution in [0.4, 0.5) is 5.69 Å². The highest BCUT2D eigenvalue weighted by molar-refractivity contribution is 5.81. The van der Waals surface area contributed by atoms with E-state index >= 15 is 0 Å². The fourth-order valence-electron chi connectivity index (χ4n) is 2.51. The van der Waals surface area contributed by atoms with Gasteiger partial charge in [-0.05, 0) is 38.4 Å². The van der Waals surface area contributed by atoms with Crippen molar-refractivity contribution < 1.29 is 9.53 Å². The standard InChI is InChI=1S/C15H23N3O2/c1-11-9-12(7-8-16-11)18-15(19)10-17-13-5-3-4-6-14(13)20-2/h3-6,11-12,16-17H,7-10H2,1-2H3,(H,18,19). The molecule has 110 valence electrons. The first-order valence-electron chi connectivity index (χ1n) is 7.08. The minimum absolute atomic E-state index is 0.0232. The third-order valence-corrected chi connectivity index (χ3v) is 3.54. The van der Waals surface area contributed by atoms with E-state index in [2.05, 4.69) is 22.9 Å². The first kappa shape index (κ1) is 14.7. The second-order valence-electron chi connectivity index (χ2n) is 5.20. The van der Waals surface area contributed by atoms with Crippen LogP contribution >= 0.6 is 0 Å². The van der Waals surface area contributed by atoms with Crippen molar-refractivity contribution in [3.63, 3.8) is 0 Å². The van der Waals surface area contributed by atoms with E-state index in [4.69, 9.17) is 4.74 Å². The van der Waals surface area contributed by atoms with Gasteiger partial charge in [-0.2, -0.15) is 0 Å². The number of rotatable bonds is 5. The molecule has 0 bridgehead atoms. The van der Waals surface area contributed by atoms with Crippen LogP contribution in [0.25, 0.3) is 0 Å². The van der Waals surface area contributed by atoms with Crippen LogP contribution in [0, 0.1) is 0 Å². The summed E-state index contributed by atoms with van der Waals surface area (Å²) in [6.45, 7) is 3.37. The zero-order valence-corrected chi connectivity index (χ0v) is 12.1. The van der Waals surface area contributed by atoms with Crippen molar-refractivity contribution >= 4 is 11.6 Å². The van der Waals surface area contributed by atoms with Gasteiger partial charge in [0.2, 0.25) is 5.91 Å². The van der Waals surface area contributed by atoms with Gasteiger partial charge in [-0.25, -0.2) is 0 Å². The molecule has 1 aliphatic rings. The fourth-order valence-corrected chi connectivity index (χ4v) is 2.51. The minimum atomic E-state index is 0.0232. The lowest BCUT2D eigenvalue weighted by atomic mass is 10.0. The van der Waals surface area contributed by atoms with Crippen LogP contribution in [0.5, 0.6) is 5.75 Å². The summed E-state index contributed by atoms with van der Waals surface area (Å²) in [4.78, 5) is 12.0. The summed E-state index contributed by atoms with van der Waals surface area (Å²) >= 11 is 0. The Kier molecular flexibility index (Phi) is 5.24. The average molecular weight is 277 g/mol. The maximum atomic E-state index is 12.0. The molecule has 3 N–H and O–H groups in total. The van der Waals surface area contributed by atoms with Gasteiger partial charge in [0.05, 0.1) is 19.3 Å². The molecule has 2 rings (SSSR count). The highest BCUT2D eigenvalue weighted by atomic mass is 16.5. The Morgan fingerprint density at radius 2 is 2.25 bits per heavy atom. The molecule has 1 aromatic rings. The Balaban J connectivity index is 1.80. The molecule has 1 fully saturated rings. The molecule has 5 nitrogen and oxygen atoms in total. The molecule has 0 saturated carbocycles. The largest absolute Gasteiger partial charge is 0.495 e. The summed E-state index contributed by atoms with van der Waals surface area (Å²) in [5, 5.41) is 9.56. The number of anilines is 1. The molecule has 20 heavy (non-hydrogen) atoms. The summed E-state index contributed by atoms with van der Waals surface area (Å²) in [7, 11) is 1.62. The number of nitrogens with one attached hydrogen (secondary N) is 3. The fraction of sp³-hybridized carbons (Fsp3) is 0.533. The molecule has 2 unspecified atom stereocenters. The third-order valence-electron chi connectivity index (χ3n) is 3.54. The first-order chi connectivity index (χ1) is 9.69. The highest BCUT2D eigenvalue weighted by Crippen LogP contribution is 2.22. The van der Waals surface area contributed by atoms with Crippen LogP contribution in [0.15, 0.2) is 24.3 Å². The van der Waals surface area contributed by atoms with Gasteiger partial charge >= 0.3 is 0 Å². The normalized spacial score (nSPS) is 22.1. The Hall–Kier alpha value is -1.75. The maximum Gasteiger partial charge on any atom is 0.239 e. The molecule has 1 aliphatic heterocycles. The predicted molar refractivity (Wildman–Crippen MR) is 80.1 cm³/mol. The molecular formula is C15H23N3O2. The topological polar surface area (TPSA) is 62.4 Å². The number of piperidine rings is 1. The van der Waals surface area contributed by atoms with Crippen LogP contribution < -0.4 is 20.7 Å². The maximum absolute atomic E-state index is 12.0. The van der Waals surface area contributed by atoms with E-state index in [1.54, 1.807) is 7.11 Å². The lowest BCUT2D eigenvalue weighted by molar-refractivity contribution is -0.120. The lowest BCUT2D eigenvalue weighted by Crippen LogP contribution is -2.47. The third kappa shape index (κ3) is 4.13. The average Bonchev–Trinajstić information content (AvgIpc) is 2.45. The van der Waals surface area contributed by atoms with Crippen molar-refractivity contribution in [3.8, 4) is 5.75 Å². The number of hydrogen-bond donors (Lipinski definition) is 3. The van der Waals surface area contributed by atoms with Crippen molar-refractivity contribution in [3.05, 3.63) is 24.3 Å². The quantitative estimate of drug-likeness (QED) is 0.760. The number of carbonyl (C=O) groups excluding carboxylic acids is 1. The van der Waals surface area contributed by atoms with Crippen LogP contribution in [0.3, 0.4) is 0 Å². The zero-order chi connectivity index (χ0) is 14.4. The van der Waals surface area contributed by atoms with Crippen molar-refractivity contribution in [1.82, 2.24) is 10.6 Å². The summed E-state index contributed by atoms with van der Waals surface area (Å²) in [5.74, 6) is 0.769. The predicted octanol–water partition coefficient (Wildman–Crippen LogP) is 1.36. The molecular weight excluding hydrogens is 254 g/mol. The molecule has 0 spiro atoms. The van der Waals surface area contributed by atoms with Gasteiger partial charge in [0.25, 0.3) is 0 Å². The van der Waals surface area contributed by atoms with Gasteiger partial charge in [-0.1, -0.05) is 12.1 Å². The zero-order valence-electron chi connectivity index (χ0n) is 12.1. The minimum Gasteiger partial charge on any atom is -0.495 e. The van der Waals surface area contributed by atoms with Crippen molar-refractivity contribution in [2.45, 2.75) is 31.8 Å². The number of ether oxygens (including phenoxy) is 1. The number of para-hydroxylation sites is 2. The number of amides is 1. The van der Waals surface area contributed by atoms with Gasteiger partial charge < -0.3 is 20.7 Å². The monoisotopic (exact) mass is 277 g/mol. The van der Waals surface area contributed by atoms with E-state index in [0.29, 0.717) is 6.04 Å². The van der Waals surface area contributed by atoms with E-state index in [1.807, 2.05) is 24.3 Å². The van der Waals surface area contributed by atoms with Gasteiger partial charge in [-0.15, -0.1) is 0 Å². The molecule has 1 aromatic carbocycles. The highest BCUT2D eigenvalue weighted by Gasteiger charge is 2.19. The van der Waals surface area contributed by atoms with Crippen LogP contribution in [-0.4, -0.2) is 38.2 Å². The van der Waals surface area contributed by atoms with Gasteiger partial charge in [-0.3, -0.25) is 4.79 Å². The molecule has 5 heteroatoms. The van der Waals surface area contributed by atoms with Crippen LogP contribution in [0.2, 0.25) is 0 Å². The van der Waals surface area contributed by atoms with E-state index < -0.39 is 0 Å². The second-order valence-corrected chi connectivity index (χ2v) is 5.20. The number of carbonyl (C=O) groups is 1. The summed E-state index contributed by atoms with van der Waals surface area (Å²) < 4.78 is 5.24. The molecule has 1 saturated heterocycles. The summed E-state index contributed by atoms with van der Waals surface area (Å²) in [6, 6.07) is 8.33. The van der Waals surface area contributed by atoms with Gasteiger partial charge in [0.15, 0.2) is 0 Å². The molecule has 1 heterocycles. The van der Waals surface area contributed by atoms with Crippen molar-refractivity contribution in [1.29, 1.82) is 0 Å². The summed E-state index contributed by atoms with van der Waals surface area (Å²) in [6.07, 6.45) is 1.98. The Bertz CT molecular complexity index is 450.